The van der Waals surface area contributed by atoms with Gasteiger partial charge in [0.2, 0.25) is 0 Å². The lowest BCUT2D eigenvalue weighted by molar-refractivity contribution is 0.104. The van der Waals surface area contributed by atoms with Gasteiger partial charge in [-0.25, -0.2) is 0 Å². The molecule has 0 aliphatic heterocycles. The molecular weight excluding hydrogens is 334 g/mol. The zero-order valence-corrected chi connectivity index (χ0v) is 16.7. The molecule has 4 heteroatoms. The Bertz CT molecular complexity index is 481. The first-order valence-corrected chi connectivity index (χ1v) is 9.86. The van der Waals surface area contributed by atoms with E-state index in [-0.39, 0.29) is 12.4 Å². The van der Waals surface area contributed by atoms with Crippen LogP contribution in [0.2, 0.25) is 0 Å². The van der Waals surface area contributed by atoms with Crippen LogP contribution in [0.3, 0.4) is 0 Å². The number of aryl methyl sites for hydroxylation is 1. The second kappa shape index (κ2) is 12.6. The van der Waals surface area contributed by atoms with Gasteiger partial charge in [0.1, 0.15) is 18.5 Å². The molecule has 1 aliphatic carbocycles. The molecule has 144 valence electrons. The summed E-state index contributed by atoms with van der Waals surface area (Å²) >= 11 is 0. The van der Waals surface area contributed by atoms with Gasteiger partial charge in [-0.3, -0.25) is 0 Å². The number of rotatable bonds is 11. The largest absolute Gasteiger partial charge is 0.491 e. The summed E-state index contributed by atoms with van der Waals surface area (Å²) < 4.78 is 5.92. The average molecular weight is 370 g/mol. The molecule has 2 atom stereocenters. The number of benzene rings is 1. The van der Waals surface area contributed by atoms with E-state index in [9.17, 15) is 5.11 Å². The molecule has 0 heterocycles. The van der Waals surface area contributed by atoms with E-state index >= 15 is 0 Å². The SMILES string of the molecule is CCCCC(CC)CNCC(O)COc1cccc2c1CCCC2.Cl. The van der Waals surface area contributed by atoms with Gasteiger partial charge in [-0.2, -0.15) is 0 Å². The fourth-order valence-electron chi connectivity index (χ4n) is 3.52. The van der Waals surface area contributed by atoms with E-state index in [2.05, 4.69) is 31.3 Å². The van der Waals surface area contributed by atoms with Crippen molar-refractivity contribution in [2.75, 3.05) is 19.7 Å². The molecule has 1 aliphatic rings. The number of fused-ring (bicyclic) bond motifs is 1. The molecule has 2 N–H and O–H groups in total. The van der Waals surface area contributed by atoms with E-state index in [1.54, 1.807) is 0 Å². The van der Waals surface area contributed by atoms with Crippen molar-refractivity contribution in [1.29, 1.82) is 0 Å². The van der Waals surface area contributed by atoms with Gasteiger partial charge in [-0.05, 0) is 61.8 Å². The maximum atomic E-state index is 10.2. The zero-order chi connectivity index (χ0) is 17.2. The number of aliphatic hydroxyl groups excluding tert-OH is 1. The molecule has 2 unspecified atom stereocenters. The Labute approximate surface area is 160 Å². The van der Waals surface area contributed by atoms with E-state index in [1.165, 1.54) is 49.7 Å². The first-order valence-electron chi connectivity index (χ1n) is 9.86. The summed E-state index contributed by atoms with van der Waals surface area (Å²) in [5, 5.41) is 13.6. The monoisotopic (exact) mass is 369 g/mol. The minimum absolute atomic E-state index is 0. The minimum Gasteiger partial charge on any atom is -0.491 e. The van der Waals surface area contributed by atoms with Gasteiger partial charge in [0.05, 0.1) is 0 Å². The third-order valence-corrected chi connectivity index (χ3v) is 5.14. The maximum Gasteiger partial charge on any atom is 0.122 e. The molecule has 0 radical (unpaired) electrons. The molecule has 0 saturated heterocycles. The Kier molecular flexibility index (Phi) is 11.2. The third-order valence-electron chi connectivity index (χ3n) is 5.14. The lowest BCUT2D eigenvalue weighted by atomic mass is 9.91. The quantitative estimate of drug-likeness (QED) is 0.602. The van der Waals surface area contributed by atoms with Gasteiger partial charge in [0.15, 0.2) is 0 Å². The molecule has 0 bridgehead atoms. The predicted molar refractivity (Wildman–Crippen MR) is 108 cm³/mol. The topological polar surface area (TPSA) is 41.5 Å². The summed E-state index contributed by atoms with van der Waals surface area (Å²) in [7, 11) is 0. The van der Waals surface area contributed by atoms with Gasteiger partial charge in [0, 0.05) is 6.54 Å². The van der Waals surface area contributed by atoms with Gasteiger partial charge in [0.25, 0.3) is 0 Å². The highest BCUT2D eigenvalue weighted by Crippen LogP contribution is 2.29. The molecule has 0 saturated carbocycles. The van der Waals surface area contributed by atoms with Crippen LogP contribution < -0.4 is 10.1 Å². The van der Waals surface area contributed by atoms with Gasteiger partial charge in [-0.1, -0.05) is 45.2 Å². The number of ether oxygens (including phenoxy) is 1. The first-order chi connectivity index (χ1) is 11.7. The second-order valence-electron chi connectivity index (χ2n) is 7.14. The van der Waals surface area contributed by atoms with Gasteiger partial charge < -0.3 is 15.2 Å². The minimum atomic E-state index is -0.451. The Morgan fingerprint density at radius 3 is 2.72 bits per heavy atom. The highest BCUT2D eigenvalue weighted by molar-refractivity contribution is 5.85. The van der Waals surface area contributed by atoms with Gasteiger partial charge >= 0.3 is 0 Å². The number of halogens is 1. The summed E-state index contributed by atoms with van der Waals surface area (Å²) in [5.74, 6) is 1.69. The van der Waals surface area contributed by atoms with Crippen molar-refractivity contribution in [1.82, 2.24) is 5.32 Å². The highest BCUT2D eigenvalue weighted by atomic mass is 35.5. The zero-order valence-electron chi connectivity index (χ0n) is 15.9. The van der Waals surface area contributed by atoms with E-state index in [4.69, 9.17) is 4.74 Å². The third kappa shape index (κ3) is 7.55. The van der Waals surface area contributed by atoms with Gasteiger partial charge in [-0.15, -0.1) is 12.4 Å². The fraction of sp³-hybridized carbons (Fsp3) is 0.714. The molecule has 1 aromatic rings. The van der Waals surface area contributed by atoms with Crippen molar-refractivity contribution in [3.63, 3.8) is 0 Å². The number of hydrogen-bond donors (Lipinski definition) is 2. The van der Waals surface area contributed by atoms with Crippen LogP contribution in [0.5, 0.6) is 5.75 Å². The smallest absolute Gasteiger partial charge is 0.122 e. The molecule has 0 fully saturated rings. The van der Waals surface area contributed by atoms with Crippen LogP contribution in [-0.4, -0.2) is 30.9 Å². The average Bonchev–Trinajstić information content (AvgIpc) is 2.62. The standard InChI is InChI=1S/C21H35NO2.ClH/c1-3-5-9-17(4-2)14-22-15-19(23)16-24-21-13-8-11-18-10-6-7-12-20(18)21;/h8,11,13,17,19,22-23H,3-7,9-10,12,14-16H2,1-2H3;1H. The normalized spacial score (nSPS) is 15.8. The van der Waals surface area contributed by atoms with Crippen LogP contribution in [0.4, 0.5) is 0 Å². The van der Waals surface area contributed by atoms with Crippen molar-refractivity contribution in [2.45, 2.75) is 71.3 Å². The van der Waals surface area contributed by atoms with Crippen molar-refractivity contribution in [3.05, 3.63) is 29.3 Å². The number of hydrogen-bond acceptors (Lipinski definition) is 3. The fourth-order valence-corrected chi connectivity index (χ4v) is 3.52. The molecular formula is C21H36ClNO2. The van der Waals surface area contributed by atoms with Crippen molar-refractivity contribution < 1.29 is 9.84 Å². The van der Waals surface area contributed by atoms with Crippen LogP contribution in [0, 0.1) is 5.92 Å². The van der Waals surface area contributed by atoms with E-state index in [0.717, 1.165) is 31.1 Å². The Morgan fingerprint density at radius 1 is 1.16 bits per heavy atom. The molecule has 25 heavy (non-hydrogen) atoms. The van der Waals surface area contributed by atoms with Crippen LogP contribution in [0.1, 0.15) is 63.5 Å². The van der Waals surface area contributed by atoms with Crippen molar-refractivity contribution in [3.8, 4) is 5.75 Å². The van der Waals surface area contributed by atoms with Crippen molar-refractivity contribution >= 4 is 12.4 Å². The molecule has 3 nitrogen and oxygen atoms in total. The van der Waals surface area contributed by atoms with E-state index < -0.39 is 6.10 Å². The summed E-state index contributed by atoms with van der Waals surface area (Å²) in [6.45, 7) is 6.46. The number of nitrogens with one attached hydrogen (secondary N) is 1. The second-order valence-corrected chi connectivity index (χ2v) is 7.14. The molecule has 0 spiro atoms. The molecule has 0 aromatic heterocycles. The first kappa shape index (κ1) is 22.3. The lowest BCUT2D eigenvalue weighted by Crippen LogP contribution is -2.34. The van der Waals surface area contributed by atoms with Crippen molar-refractivity contribution in [2.24, 2.45) is 5.92 Å². The predicted octanol–water partition coefficient (Wildman–Crippen LogP) is 4.53. The Hall–Kier alpha value is -0.770. The van der Waals surface area contributed by atoms with Crippen LogP contribution in [0.25, 0.3) is 0 Å². The maximum absolute atomic E-state index is 10.2. The van der Waals surface area contributed by atoms with Crippen LogP contribution >= 0.6 is 12.4 Å². The summed E-state index contributed by atoms with van der Waals surface area (Å²) in [6.07, 6.45) is 9.38. The highest BCUT2D eigenvalue weighted by Gasteiger charge is 2.15. The van der Waals surface area contributed by atoms with Crippen LogP contribution in [-0.2, 0) is 12.8 Å². The van der Waals surface area contributed by atoms with E-state index in [0.29, 0.717) is 13.2 Å². The summed E-state index contributed by atoms with van der Waals surface area (Å²) in [5.41, 5.74) is 2.78. The Balaban J connectivity index is 0.00000312. The Morgan fingerprint density at radius 2 is 1.96 bits per heavy atom. The summed E-state index contributed by atoms with van der Waals surface area (Å²) in [4.78, 5) is 0. The summed E-state index contributed by atoms with van der Waals surface area (Å²) in [6, 6.07) is 6.33. The lowest BCUT2D eigenvalue weighted by Gasteiger charge is -2.21. The van der Waals surface area contributed by atoms with E-state index in [1.807, 2.05) is 6.07 Å². The molecule has 1 aromatic carbocycles. The molecule has 2 rings (SSSR count). The van der Waals surface area contributed by atoms with Crippen LogP contribution in [0.15, 0.2) is 18.2 Å². The molecule has 0 amide bonds. The number of unbranched alkanes of at least 4 members (excludes halogenated alkanes) is 1. The number of aliphatic hydroxyl groups is 1.